The molecule has 1 heteroatoms. The molecule has 0 bridgehead atoms. The van der Waals surface area contributed by atoms with E-state index < -0.39 is 0 Å². The molecule has 0 aromatic heterocycles. The maximum absolute atomic E-state index is 2.88. The minimum Gasteiger partial charge on any atom is -0.297 e. The Labute approximate surface area is 81.5 Å². The molecule has 1 aliphatic carbocycles. The fraction of sp³-hybridized carbons (Fsp3) is 1.00. The highest BCUT2D eigenvalue weighted by atomic mass is 15.2. The highest BCUT2D eigenvalue weighted by Gasteiger charge is 2.39. The first kappa shape index (κ1) is 8.28. The summed E-state index contributed by atoms with van der Waals surface area (Å²) in [7, 11) is 0. The number of hydrogen-bond acceptors (Lipinski definition) is 1. The molecule has 1 saturated carbocycles. The minimum absolute atomic E-state index is 0.994. The quantitative estimate of drug-likeness (QED) is 0.552. The van der Waals surface area contributed by atoms with Crippen molar-refractivity contribution >= 4 is 0 Å². The molecule has 3 aliphatic rings. The van der Waals surface area contributed by atoms with Crippen LogP contribution in [-0.2, 0) is 0 Å². The van der Waals surface area contributed by atoms with Crippen LogP contribution in [0.1, 0.15) is 51.4 Å². The molecule has 13 heavy (non-hydrogen) atoms. The largest absolute Gasteiger partial charge is 0.297 e. The van der Waals surface area contributed by atoms with Crippen LogP contribution in [0.15, 0.2) is 0 Å². The molecule has 0 radical (unpaired) electrons. The molecule has 0 N–H and O–H groups in total. The van der Waals surface area contributed by atoms with E-state index in [1.807, 2.05) is 0 Å². The van der Waals surface area contributed by atoms with Gasteiger partial charge in [0, 0.05) is 12.1 Å². The zero-order valence-corrected chi connectivity index (χ0v) is 8.54. The highest BCUT2D eigenvalue weighted by Crippen LogP contribution is 2.40. The lowest BCUT2D eigenvalue weighted by atomic mass is 9.98. The molecule has 2 aliphatic heterocycles. The molecular weight excluding hydrogens is 158 g/mol. The summed E-state index contributed by atoms with van der Waals surface area (Å²) in [6.07, 6.45) is 12.1. The first-order valence-corrected chi connectivity index (χ1v) is 6.21. The smallest absolute Gasteiger partial charge is 0.0126 e. The Morgan fingerprint density at radius 1 is 0.769 bits per heavy atom. The van der Waals surface area contributed by atoms with E-state index >= 15 is 0 Å². The van der Waals surface area contributed by atoms with Gasteiger partial charge in [-0.3, -0.25) is 4.90 Å². The van der Waals surface area contributed by atoms with Gasteiger partial charge in [0.15, 0.2) is 0 Å². The summed E-state index contributed by atoms with van der Waals surface area (Å²) >= 11 is 0. The van der Waals surface area contributed by atoms with E-state index in [0.29, 0.717) is 0 Å². The van der Waals surface area contributed by atoms with Crippen LogP contribution in [0.25, 0.3) is 0 Å². The molecule has 3 unspecified atom stereocenters. The summed E-state index contributed by atoms with van der Waals surface area (Å²) in [5.41, 5.74) is 0. The average Bonchev–Trinajstić information content (AvgIpc) is 2.72. The van der Waals surface area contributed by atoms with E-state index in [9.17, 15) is 0 Å². The lowest BCUT2D eigenvalue weighted by molar-refractivity contribution is 0.160. The Hall–Kier alpha value is -0.0400. The number of hydrogen-bond donors (Lipinski definition) is 0. The standard InChI is InChI=1S/C12H21N/c1-4-10-5-2-8-12(10)13-9-3-7-11(13)6-1/h10-12H,1-9H2. The molecule has 0 aromatic rings. The average molecular weight is 179 g/mol. The van der Waals surface area contributed by atoms with E-state index in [1.54, 1.807) is 0 Å². The van der Waals surface area contributed by atoms with Gasteiger partial charge in [-0.15, -0.1) is 0 Å². The molecule has 2 heterocycles. The Kier molecular flexibility index (Phi) is 2.08. The Morgan fingerprint density at radius 2 is 1.54 bits per heavy atom. The van der Waals surface area contributed by atoms with Gasteiger partial charge in [-0.2, -0.15) is 0 Å². The topological polar surface area (TPSA) is 3.24 Å². The maximum Gasteiger partial charge on any atom is 0.0126 e. The molecular formula is C12H21N. The van der Waals surface area contributed by atoms with E-state index in [4.69, 9.17) is 0 Å². The third-order valence-electron chi connectivity index (χ3n) is 4.58. The van der Waals surface area contributed by atoms with Gasteiger partial charge in [0.2, 0.25) is 0 Å². The summed E-state index contributed by atoms with van der Waals surface area (Å²) in [4.78, 5) is 2.88. The fourth-order valence-corrected chi connectivity index (χ4v) is 4.01. The van der Waals surface area contributed by atoms with Crippen LogP contribution in [0.3, 0.4) is 0 Å². The predicted molar refractivity (Wildman–Crippen MR) is 54.7 cm³/mol. The van der Waals surface area contributed by atoms with Gasteiger partial charge in [-0.1, -0.05) is 12.8 Å². The third-order valence-corrected chi connectivity index (χ3v) is 4.58. The van der Waals surface area contributed by atoms with Crippen molar-refractivity contribution in [2.45, 2.75) is 63.5 Å². The SMILES string of the molecule is C1CC2CCCC2N2CCCC2C1. The summed E-state index contributed by atoms with van der Waals surface area (Å²) in [6.45, 7) is 1.42. The maximum atomic E-state index is 2.88. The molecule has 3 rings (SSSR count). The van der Waals surface area contributed by atoms with Crippen molar-refractivity contribution in [1.29, 1.82) is 0 Å². The summed E-state index contributed by atoms with van der Waals surface area (Å²) < 4.78 is 0. The van der Waals surface area contributed by atoms with Crippen LogP contribution >= 0.6 is 0 Å². The van der Waals surface area contributed by atoms with Crippen LogP contribution in [-0.4, -0.2) is 23.5 Å². The van der Waals surface area contributed by atoms with Crippen molar-refractivity contribution in [2.75, 3.05) is 6.54 Å². The first-order chi connectivity index (χ1) is 6.45. The van der Waals surface area contributed by atoms with Crippen molar-refractivity contribution in [3.8, 4) is 0 Å². The van der Waals surface area contributed by atoms with Crippen LogP contribution in [0.5, 0.6) is 0 Å². The first-order valence-electron chi connectivity index (χ1n) is 6.21. The Bertz CT molecular complexity index is 170. The van der Waals surface area contributed by atoms with Gasteiger partial charge >= 0.3 is 0 Å². The molecule has 74 valence electrons. The highest BCUT2D eigenvalue weighted by molar-refractivity contribution is 4.94. The Balaban J connectivity index is 1.81. The van der Waals surface area contributed by atoms with Crippen LogP contribution in [0, 0.1) is 5.92 Å². The molecule has 1 nitrogen and oxygen atoms in total. The normalized spacial score (nSPS) is 45.7. The lowest BCUT2D eigenvalue weighted by Gasteiger charge is -2.31. The van der Waals surface area contributed by atoms with Gasteiger partial charge in [0.05, 0.1) is 0 Å². The second kappa shape index (κ2) is 3.27. The van der Waals surface area contributed by atoms with Gasteiger partial charge in [-0.25, -0.2) is 0 Å². The number of nitrogens with zero attached hydrogens (tertiary/aromatic N) is 1. The molecule has 0 amide bonds. The monoisotopic (exact) mass is 179 g/mol. The van der Waals surface area contributed by atoms with E-state index in [2.05, 4.69) is 4.90 Å². The third kappa shape index (κ3) is 1.32. The second-order valence-corrected chi connectivity index (χ2v) is 5.22. The van der Waals surface area contributed by atoms with Crippen LogP contribution < -0.4 is 0 Å². The van der Waals surface area contributed by atoms with Crippen LogP contribution in [0.2, 0.25) is 0 Å². The van der Waals surface area contributed by atoms with Crippen LogP contribution in [0.4, 0.5) is 0 Å². The van der Waals surface area contributed by atoms with E-state index in [1.165, 1.54) is 57.9 Å². The predicted octanol–water partition coefficient (Wildman–Crippen LogP) is 2.80. The second-order valence-electron chi connectivity index (χ2n) is 5.22. The lowest BCUT2D eigenvalue weighted by Crippen LogP contribution is -2.39. The van der Waals surface area contributed by atoms with Crippen molar-refractivity contribution < 1.29 is 0 Å². The van der Waals surface area contributed by atoms with Gasteiger partial charge < -0.3 is 0 Å². The molecule has 0 aromatic carbocycles. The van der Waals surface area contributed by atoms with E-state index in [-0.39, 0.29) is 0 Å². The molecule has 0 spiro atoms. The number of fused-ring (bicyclic) bond motifs is 3. The number of rotatable bonds is 0. The van der Waals surface area contributed by atoms with Gasteiger partial charge in [0.1, 0.15) is 0 Å². The zero-order chi connectivity index (χ0) is 8.67. The van der Waals surface area contributed by atoms with E-state index in [0.717, 1.165) is 18.0 Å². The summed E-state index contributed by atoms with van der Waals surface area (Å²) in [5, 5.41) is 0. The summed E-state index contributed by atoms with van der Waals surface area (Å²) in [6, 6.07) is 2.00. The van der Waals surface area contributed by atoms with Crippen molar-refractivity contribution in [2.24, 2.45) is 5.92 Å². The molecule has 3 fully saturated rings. The Morgan fingerprint density at radius 3 is 2.46 bits per heavy atom. The summed E-state index contributed by atoms with van der Waals surface area (Å²) in [5.74, 6) is 1.09. The van der Waals surface area contributed by atoms with Crippen molar-refractivity contribution in [1.82, 2.24) is 4.90 Å². The molecule has 3 atom stereocenters. The minimum atomic E-state index is 0.994. The van der Waals surface area contributed by atoms with Crippen molar-refractivity contribution in [3.63, 3.8) is 0 Å². The van der Waals surface area contributed by atoms with Gasteiger partial charge in [-0.05, 0) is 51.0 Å². The molecule has 2 saturated heterocycles. The fourth-order valence-electron chi connectivity index (χ4n) is 4.01. The zero-order valence-electron chi connectivity index (χ0n) is 8.54. The van der Waals surface area contributed by atoms with Gasteiger partial charge in [0.25, 0.3) is 0 Å². The van der Waals surface area contributed by atoms with Crippen molar-refractivity contribution in [3.05, 3.63) is 0 Å².